The lowest BCUT2D eigenvalue weighted by molar-refractivity contribution is 0.0692. The van der Waals surface area contributed by atoms with Crippen LogP contribution >= 0.6 is 0 Å². The van der Waals surface area contributed by atoms with E-state index < -0.39 is 10.2 Å². The third kappa shape index (κ3) is 3.63. The minimum Gasteiger partial charge on any atom is -0.497 e. The first-order valence-electron chi connectivity index (χ1n) is 7.50. The summed E-state index contributed by atoms with van der Waals surface area (Å²) < 4.78 is 37.2. The lowest BCUT2D eigenvalue weighted by Gasteiger charge is -2.35. The van der Waals surface area contributed by atoms with Gasteiger partial charge in [-0.25, -0.2) is 0 Å². The standard InChI is InChI=1S/C15H23N3O5S/c1-16(2)24(20,21)18-9-7-17(8-10-18)15(19)13-6-5-12(22-3)11-14(13)23-4/h5-6,11H,7-10H2,1-4H3. The molecule has 24 heavy (non-hydrogen) atoms. The van der Waals surface area contributed by atoms with Crippen LogP contribution in [0.25, 0.3) is 0 Å². The number of carbonyl (C=O) groups excluding carboxylic acids is 1. The molecule has 0 aromatic heterocycles. The molecule has 0 saturated carbocycles. The maximum Gasteiger partial charge on any atom is 0.281 e. The van der Waals surface area contributed by atoms with Crippen LogP contribution in [0, 0.1) is 0 Å². The van der Waals surface area contributed by atoms with Gasteiger partial charge in [-0.15, -0.1) is 0 Å². The summed E-state index contributed by atoms with van der Waals surface area (Å²) in [5, 5.41) is 0. The summed E-state index contributed by atoms with van der Waals surface area (Å²) in [6, 6.07) is 5.01. The molecule has 8 nitrogen and oxygen atoms in total. The van der Waals surface area contributed by atoms with E-state index in [1.165, 1.54) is 29.8 Å². The van der Waals surface area contributed by atoms with Crippen molar-refractivity contribution in [2.75, 3.05) is 54.5 Å². The van der Waals surface area contributed by atoms with Gasteiger partial charge in [0.15, 0.2) is 0 Å². The average Bonchev–Trinajstić information content (AvgIpc) is 2.60. The molecular weight excluding hydrogens is 334 g/mol. The van der Waals surface area contributed by atoms with Gasteiger partial charge in [-0.2, -0.15) is 17.0 Å². The normalized spacial score (nSPS) is 16.3. The highest BCUT2D eigenvalue weighted by Gasteiger charge is 2.31. The zero-order chi connectivity index (χ0) is 17.9. The van der Waals surface area contributed by atoms with Crippen molar-refractivity contribution in [3.8, 4) is 11.5 Å². The SMILES string of the molecule is COc1ccc(C(=O)N2CCN(S(=O)(=O)N(C)C)CC2)c(OC)c1. The Bertz CT molecular complexity index is 697. The molecule has 0 spiro atoms. The van der Waals surface area contributed by atoms with E-state index in [1.54, 1.807) is 30.2 Å². The summed E-state index contributed by atoms with van der Waals surface area (Å²) in [5.41, 5.74) is 0.433. The molecule has 9 heteroatoms. The van der Waals surface area contributed by atoms with Gasteiger partial charge in [0.1, 0.15) is 11.5 Å². The van der Waals surface area contributed by atoms with Crippen molar-refractivity contribution < 1.29 is 22.7 Å². The van der Waals surface area contributed by atoms with Gasteiger partial charge in [0, 0.05) is 46.3 Å². The second kappa shape index (κ2) is 7.37. The first-order chi connectivity index (χ1) is 11.3. The van der Waals surface area contributed by atoms with Gasteiger partial charge in [0.25, 0.3) is 16.1 Å². The van der Waals surface area contributed by atoms with Crippen LogP contribution in [0.4, 0.5) is 0 Å². The van der Waals surface area contributed by atoms with Crippen molar-refractivity contribution in [3.63, 3.8) is 0 Å². The molecule has 1 aliphatic heterocycles. The van der Waals surface area contributed by atoms with Crippen LogP contribution in [0.1, 0.15) is 10.4 Å². The quantitative estimate of drug-likeness (QED) is 0.756. The molecular formula is C15H23N3O5S. The molecule has 1 heterocycles. The summed E-state index contributed by atoms with van der Waals surface area (Å²) in [6.45, 7) is 1.21. The second-order valence-electron chi connectivity index (χ2n) is 5.55. The molecule has 0 radical (unpaired) electrons. The van der Waals surface area contributed by atoms with E-state index in [2.05, 4.69) is 0 Å². The Labute approximate surface area is 142 Å². The van der Waals surface area contributed by atoms with Crippen LogP contribution in [-0.2, 0) is 10.2 Å². The fraction of sp³-hybridized carbons (Fsp3) is 0.533. The molecule has 0 bridgehead atoms. The molecule has 1 fully saturated rings. The minimum absolute atomic E-state index is 0.184. The Morgan fingerprint density at radius 2 is 1.71 bits per heavy atom. The molecule has 1 aromatic rings. The van der Waals surface area contributed by atoms with Gasteiger partial charge in [-0.3, -0.25) is 4.79 Å². The van der Waals surface area contributed by atoms with Crippen molar-refractivity contribution in [2.24, 2.45) is 0 Å². The van der Waals surface area contributed by atoms with Crippen LogP contribution in [0.5, 0.6) is 11.5 Å². The number of rotatable bonds is 5. The Balaban J connectivity index is 2.11. The van der Waals surface area contributed by atoms with Crippen LogP contribution in [0.15, 0.2) is 18.2 Å². The summed E-state index contributed by atoms with van der Waals surface area (Å²) >= 11 is 0. The second-order valence-corrected chi connectivity index (χ2v) is 7.69. The van der Waals surface area contributed by atoms with E-state index in [9.17, 15) is 13.2 Å². The predicted molar refractivity (Wildman–Crippen MR) is 89.6 cm³/mol. The van der Waals surface area contributed by atoms with Crippen LogP contribution in [0.3, 0.4) is 0 Å². The van der Waals surface area contributed by atoms with Gasteiger partial charge >= 0.3 is 0 Å². The van der Waals surface area contributed by atoms with Crippen molar-refractivity contribution in [3.05, 3.63) is 23.8 Å². The van der Waals surface area contributed by atoms with Gasteiger partial charge in [-0.1, -0.05) is 0 Å². The number of piperazine rings is 1. The number of hydrogen-bond acceptors (Lipinski definition) is 5. The van der Waals surface area contributed by atoms with E-state index in [0.717, 1.165) is 0 Å². The fourth-order valence-corrected chi connectivity index (χ4v) is 3.59. The number of ether oxygens (including phenoxy) is 2. The van der Waals surface area contributed by atoms with Crippen molar-refractivity contribution in [2.45, 2.75) is 0 Å². The largest absolute Gasteiger partial charge is 0.497 e. The van der Waals surface area contributed by atoms with Crippen LogP contribution in [0.2, 0.25) is 0 Å². The Kier molecular flexibility index (Phi) is 5.68. The number of nitrogens with zero attached hydrogens (tertiary/aromatic N) is 3. The van der Waals surface area contributed by atoms with Gasteiger partial charge in [-0.05, 0) is 12.1 Å². The summed E-state index contributed by atoms with van der Waals surface area (Å²) in [4.78, 5) is 14.3. The third-order valence-electron chi connectivity index (χ3n) is 3.95. The van der Waals surface area contributed by atoms with E-state index in [-0.39, 0.29) is 19.0 Å². The lowest BCUT2D eigenvalue weighted by atomic mass is 10.1. The Hall–Kier alpha value is -1.84. The van der Waals surface area contributed by atoms with Crippen LogP contribution in [-0.4, -0.2) is 82.3 Å². The molecule has 1 aliphatic rings. The highest BCUT2D eigenvalue weighted by atomic mass is 32.2. The summed E-state index contributed by atoms with van der Waals surface area (Å²) in [6.07, 6.45) is 0. The molecule has 0 N–H and O–H groups in total. The van der Waals surface area contributed by atoms with Gasteiger partial charge < -0.3 is 14.4 Å². The number of hydrogen-bond donors (Lipinski definition) is 0. The van der Waals surface area contributed by atoms with Crippen molar-refractivity contribution in [1.82, 2.24) is 13.5 Å². The van der Waals surface area contributed by atoms with Gasteiger partial charge in [0.2, 0.25) is 0 Å². The monoisotopic (exact) mass is 357 g/mol. The summed E-state index contributed by atoms with van der Waals surface area (Å²) in [7, 11) is 2.58. The van der Waals surface area contributed by atoms with Crippen molar-refractivity contribution in [1.29, 1.82) is 0 Å². The zero-order valence-corrected chi connectivity index (χ0v) is 15.2. The lowest BCUT2D eigenvalue weighted by Crippen LogP contribution is -2.53. The molecule has 2 rings (SSSR count). The van der Waals surface area contributed by atoms with Crippen molar-refractivity contribution >= 4 is 16.1 Å². The Morgan fingerprint density at radius 3 is 2.21 bits per heavy atom. The minimum atomic E-state index is -3.45. The maximum atomic E-state index is 12.7. The first-order valence-corrected chi connectivity index (χ1v) is 8.90. The van der Waals surface area contributed by atoms with Crippen LogP contribution < -0.4 is 9.47 Å². The topological polar surface area (TPSA) is 79.4 Å². The molecule has 1 aromatic carbocycles. The molecule has 134 valence electrons. The smallest absolute Gasteiger partial charge is 0.281 e. The molecule has 0 atom stereocenters. The predicted octanol–water partition coefficient (Wildman–Crippen LogP) is 0.268. The fourth-order valence-electron chi connectivity index (χ4n) is 2.50. The third-order valence-corrected chi connectivity index (χ3v) is 5.89. The average molecular weight is 357 g/mol. The maximum absolute atomic E-state index is 12.7. The van der Waals surface area contributed by atoms with E-state index in [1.807, 2.05) is 0 Å². The highest BCUT2D eigenvalue weighted by Crippen LogP contribution is 2.26. The number of carbonyl (C=O) groups is 1. The molecule has 1 amide bonds. The first kappa shape index (κ1) is 18.5. The summed E-state index contributed by atoms with van der Waals surface area (Å²) in [5.74, 6) is 0.851. The highest BCUT2D eigenvalue weighted by molar-refractivity contribution is 7.86. The molecule has 1 saturated heterocycles. The molecule has 0 unspecified atom stereocenters. The number of methoxy groups -OCH3 is 2. The zero-order valence-electron chi connectivity index (χ0n) is 14.4. The molecule has 0 aliphatic carbocycles. The number of benzene rings is 1. The van der Waals surface area contributed by atoms with E-state index >= 15 is 0 Å². The number of amides is 1. The van der Waals surface area contributed by atoms with E-state index in [4.69, 9.17) is 9.47 Å². The van der Waals surface area contributed by atoms with Gasteiger partial charge in [0.05, 0.1) is 19.8 Å². The van der Waals surface area contributed by atoms with E-state index in [0.29, 0.717) is 30.2 Å². The Morgan fingerprint density at radius 1 is 1.08 bits per heavy atom.